The molecule has 4 nitrogen and oxygen atoms in total. The number of hydrogen-bond acceptors (Lipinski definition) is 3. The molecule has 1 N–H and O–H groups in total. The molecule has 1 saturated heterocycles. The van der Waals surface area contributed by atoms with Gasteiger partial charge in [-0.25, -0.2) is 4.39 Å². The van der Waals surface area contributed by atoms with E-state index in [0.717, 1.165) is 16.0 Å². The minimum atomic E-state index is -0.277. The zero-order chi connectivity index (χ0) is 17.3. The average Bonchev–Trinajstić information content (AvgIpc) is 2.94. The first kappa shape index (κ1) is 16.6. The lowest BCUT2D eigenvalue weighted by atomic mass is 10.0. The van der Waals surface area contributed by atoms with Crippen molar-refractivity contribution in [2.75, 3.05) is 13.6 Å². The largest absolute Gasteiger partial charge is 0.347 e. The van der Waals surface area contributed by atoms with Crippen LogP contribution < -0.4 is 5.32 Å². The van der Waals surface area contributed by atoms with Crippen LogP contribution in [0.2, 0.25) is 0 Å². The quantitative estimate of drug-likeness (QED) is 0.928. The van der Waals surface area contributed by atoms with Gasteiger partial charge in [0.15, 0.2) is 0 Å². The van der Waals surface area contributed by atoms with Gasteiger partial charge in [0, 0.05) is 30.9 Å². The van der Waals surface area contributed by atoms with Crippen molar-refractivity contribution in [3.63, 3.8) is 0 Å². The number of hydrogen-bond donors (Lipinski definition) is 1. The number of piperidine rings is 1. The van der Waals surface area contributed by atoms with Crippen molar-refractivity contribution in [1.82, 2.24) is 10.2 Å². The van der Waals surface area contributed by atoms with E-state index in [1.165, 1.54) is 23.5 Å². The Morgan fingerprint density at radius 1 is 1.33 bits per heavy atom. The number of carbonyl (C=O) groups is 2. The molecule has 2 aromatic rings. The summed E-state index contributed by atoms with van der Waals surface area (Å²) in [6.07, 6.45) is 1.13. The van der Waals surface area contributed by atoms with Crippen LogP contribution in [0.15, 0.2) is 30.3 Å². The third kappa shape index (κ3) is 3.48. The molecule has 1 aliphatic rings. The molecule has 1 aromatic carbocycles. The summed E-state index contributed by atoms with van der Waals surface area (Å²) in [4.78, 5) is 27.3. The topological polar surface area (TPSA) is 49.4 Å². The minimum Gasteiger partial charge on any atom is -0.347 e. The van der Waals surface area contributed by atoms with Crippen LogP contribution in [0, 0.1) is 12.7 Å². The summed E-state index contributed by atoms with van der Waals surface area (Å²) in [5, 5.41) is 3.00. The van der Waals surface area contributed by atoms with E-state index >= 15 is 0 Å². The highest BCUT2D eigenvalue weighted by atomic mass is 32.1. The van der Waals surface area contributed by atoms with Crippen LogP contribution in [-0.4, -0.2) is 36.3 Å². The molecule has 6 heteroatoms. The maximum atomic E-state index is 13.1. The number of benzene rings is 1. The lowest BCUT2D eigenvalue weighted by Crippen LogP contribution is -2.48. The molecule has 2 heterocycles. The number of halogens is 1. The molecule has 0 spiro atoms. The van der Waals surface area contributed by atoms with E-state index in [1.54, 1.807) is 24.1 Å². The molecule has 1 aliphatic heterocycles. The number of nitrogens with zero attached hydrogens (tertiary/aromatic N) is 1. The van der Waals surface area contributed by atoms with Crippen LogP contribution in [0.3, 0.4) is 0 Å². The molecule has 1 aromatic heterocycles. The van der Waals surface area contributed by atoms with Crippen molar-refractivity contribution in [3.05, 3.63) is 45.9 Å². The maximum absolute atomic E-state index is 13.1. The van der Waals surface area contributed by atoms with Gasteiger partial charge in [0.05, 0.1) is 4.88 Å². The third-order valence-corrected chi connectivity index (χ3v) is 5.31. The number of rotatable bonds is 3. The monoisotopic (exact) mass is 346 g/mol. The molecule has 0 unspecified atom stereocenters. The van der Waals surface area contributed by atoms with Crippen LogP contribution in [0.25, 0.3) is 11.1 Å². The van der Waals surface area contributed by atoms with Crippen LogP contribution in [0.4, 0.5) is 4.39 Å². The first-order valence-electron chi connectivity index (χ1n) is 7.85. The molecular weight excluding hydrogens is 327 g/mol. The fourth-order valence-corrected chi connectivity index (χ4v) is 3.84. The predicted molar refractivity (Wildman–Crippen MR) is 92.6 cm³/mol. The Balaban J connectivity index is 1.73. The van der Waals surface area contributed by atoms with Crippen LogP contribution in [-0.2, 0) is 4.79 Å². The van der Waals surface area contributed by atoms with Crippen molar-refractivity contribution in [2.24, 2.45) is 0 Å². The summed E-state index contributed by atoms with van der Waals surface area (Å²) >= 11 is 1.43. The van der Waals surface area contributed by atoms with Crippen LogP contribution >= 0.6 is 11.3 Å². The van der Waals surface area contributed by atoms with Crippen molar-refractivity contribution in [2.45, 2.75) is 25.8 Å². The predicted octanol–water partition coefficient (Wildman–Crippen LogP) is 3.21. The van der Waals surface area contributed by atoms with Gasteiger partial charge in [0.25, 0.3) is 5.91 Å². The van der Waals surface area contributed by atoms with E-state index in [0.29, 0.717) is 24.3 Å². The number of thiophene rings is 1. The molecule has 1 atom stereocenters. The second-order valence-electron chi connectivity index (χ2n) is 6.07. The van der Waals surface area contributed by atoms with Gasteiger partial charge in [-0.1, -0.05) is 12.1 Å². The van der Waals surface area contributed by atoms with Crippen LogP contribution in [0.1, 0.15) is 27.4 Å². The van der Waals surface area contributed by atoms with Gasteiger partial charge >= 0.3 is 0 Å². The Bertz CT molecular complexity index is 770. The maximum Gasteiger partial charge on any atom is 0.261 e. The first-order chi connectivity index (χ1) is 11.4. The van der Waals surface area contributed by atoms with E-state index in [2.05, 4.69) is 5.32 Å². The highest BCUT2D eigenvalue weighted by Gasteiger charge is 2.25. The molecule has 2 amide bonds. The van der Waals surface area contributed by atoms with Crippen molar-refractivity contribution in [3.8, 4) is 11.1 Å². The molecule has 0 aliphatic carbocycles. The number of likely N-dealkylation sites (tertiary alicyclic amines) is 1. The molecule has 126 valence electrons. The summed E-state index contributed by atoms with van der Waals surface area (Å²) in [5.74, 6) is -0.282. The van der Waals surface area contributed by atoms with E-state index in [4.69, 9.17) is 0 Å². The Labute approximate surface area is 144 Å². The van der Waals surface area contributed by atoms with Crippen molar-refractivity contribution >= 4 is 23.2 Å². The fraction of sp³-hybridized carbons (Fsp3) is 0.333. The number of nitrogens with one attached hydrogen (secondary N) is 1. The first-order valence-corrected chi connectivity index (χ1v) is 8.67. The SMILES string of the molecule is Cc1sc(C(=O)N[C@@H]2CCC(=O)N(C)C2)cc1-c1ccc(F)cc1. The second-order valence-corrected chi connectivity index (χ2v) is 7.33. The van der Waals surface area contributed by atoms with E-state index < -0.39 is 0 Å². The zero-order valence-electron chi connectivity index (χ0n) is 13.6. The minimum absolute atomic E-state index is 0.0168. The summed E-state index contributed by atoms with van der Waals surface area (Å²) in [6, 6.07) is 8.10. The van der Waals surface area contributed by atoms with Gasteiger partial charge in [0.1, 0.15) is 5.82 Å². The molecule has 24 heavy (non-hydrogen) atoms. The van der Waals surface area contributed by atoms with Gasteiger partial charge in [-0.15, -0.1) is 11.3 Å². The molecule has 0 bridgehead atoms. The van der Waals surface area contributed by atoms with Gasteiger partial charge in [-0.2, -0.15) is 0 Å². The normalized spacial score (nSPS) is 17.9. The summed E-state index contributed by atoms with van der Waals surface area (Å²) in [7, 11) is 1.75. The molecule has 0 saturated carbocycles. The standard InChI is InChI=1S/C18H19FN2O2S/c1-11-15(12-3-5-13(19)6-4-12)9-16(24-11)18(23)20-14-7-8-17(22)21(2)10-14/h3-6,9,14H,7-8,10H2,1-2H3,(H,20,23)/t14-/m1/s1. The number of aryl methyl sites for hydroxylation is 1. The fourth-order valence-electron chi connectivity index (χ4n) is 2.90. The number of carbonyl (C=O) groups excluding carboxylic acids is 2. The third-order valence-electron chi connectivity index (χ3n) is 4.26. The molecular formula is C18H19FN2O2S. The Morgan fingerprint density at radius 2 is 2.04 bits per heavy atom. The van der Waals surface area contributed by atoms with E-state index in [1.807, 2.05) is 13.0 Å². The highest BCUT2D eigenvalue weighted by Crippen LogP contribution is 2.31. The van der Waals surface area contributed by atoms with Gasteiger partial charge in [-0.05, 0) is 42.7 Å². The molecule has 1 fully saturated rings. The van der Waals surface area contributed by atoms with Crippen molar-refractivity contribution < 1.29 is 14.0 Å². The lowest BCUT2D eigenvalue weighted by Gasteiger charge is -2.29. The number of likely N-dealkylation sites (N-methyl/N-ethyl adjacent to an activating group) is 1. The highest BCUT2D eigenvalue weighted by molar-refractivity contribution is 7.14. The molecule has 0 radical (unpaired) electrons. The zero-order valence-corrected chi connectivity index (χ0v) is 14.5. The van der Waals surface area contributed by atoms with Crippen molar-refractivity contribution in [1.29, 1.82) is 0 Å². The van der Waals surface area contributed by atoms with Crippen LogP contribution in [0.5, 0.6) is 0 Å². The smallest absolute Gasteiger partial charge is 0.261 e. The summed E-state index contributed by atoms with van der Waals surface area (Å²) < 4.78 is 13.1. The summed E-state index contributed by atoms with van der Waals surface area (Å²) in [6.45, 7) is 2.49. The lowest BCUT2D eigenvalue weighted by molar-refractivity contribution is -0.132. The summed E-state index contributed by atoms with van der Waals surface area (Å²) in [5.41, 5.74) is 1.84. The van der Waals surface area contributed by atoms with Gasteiger partial charge in [-0.3, -0.25) is 9.59 Å². The van der Waals surface area contributed by atoms with Gasteiger partial charge in [0.2, 0.25) is 5.91 Å². The second kappa shape index (κ2) is 6.73. The number of amides is 2. The van der Waals surface area contributed by atoms with E-state index in [9.17, 15) is 14.0 Å². The molecule has 3 rings (SSSR count). The Kier molecular flexibility index (Phi) is 4.66. The average molecular weight is 346 g/mol. The Hall–Kier alpha value is -2.21. The Morgan fingerprint density at radius 3 is 2.71 bits per heavy atom. The van der Waals surface area contributed by atoms with Gasteiger partial charge < -0.3 is 10.2 Å². The van der Waals surface area contributed by atoms with E-state index in [-0.39, 0.29) is 23.7 Å².